The first kappa shape index (κ1) is 13.1. The molecule has 1 aromatic carbocycles. The molecular formula is C14H20N2O2. The van der Waals surface area contributed by atoms with Crippen molar-refractivity contribution in [2.75, 3.05) is 20.3 Å². The van der Waals surface area contributed by atoms with E-state index in [9.17, 15) is 4.79 Å². The van der Waals surface area contributed by atoms with E-state index in [2.05, 4.69) is 22.8 Å². The van der Waals surface area contributed by atoms with Crippen molar-refractivity contribution < 1.29 is 9.53 Å². The number of amides is 1. The Kier molecular flexibility index (Phi) is 4.73. The fraction of sp³-hybridized carbons (Fsp3) is 0.500. The first-order valence-electron chi connectivity index (χ1n) is 6.38. The van der Waals surface area contributed by atoms with Gasteiger partial charge in [0.1, 0.15) is 0 Å². The van der Waals surface area contributed by atoms with Gasteiger partial charge in [0.2, 0.25) is 5.91 Å². The van der Waals surface area contributed by atoms with Crippen molar-refractivity contribution in [2.45, 2.75) is 25.4 Å². The summed E-state index contributed by atoms with van der Waals surface area (Å²) in [6.45, 7) is 2.13. The van der Waals surface area contributed by atoms with E-state index in [1.54, 1.807) is 7.11 Å². The molecule has 0 saturated carbocycles. The standard InChI is InChI=1S/C14H20N2O2/c1-18-8-4-7-15-14(17)13-9-11-5-2-3-6-12(11)10-16-13/h2-3,5-6,13,16H,4,7-10H2,1H3,(H,15,17)/t13-/m0/s1. The lowest BCUT2D eigenvalue weighted by Gasteiger charge is -2.25. The van der Waals surface area contributed by atoms with Crippen LogP contribution in [0.3, 0.4) is 0 Å². The number of hydrogen-bond donors (Lipinski definition) is 2. The predicted octanol–water partition coefficient (Wildman–Crippen LogP) is 0.854. The highest BCUT2D eigenvalue weighted by molar-refractivity contribution is 5.82. The van der Waals surface area contributed by atoms with Gasteiger partial charge in [-0.15, -0.1) is 0 Å². The fourth-order valence-electron chi connectivity index (χ4n) is 2.19. The zero-order valence-corrected chi connectivity index (χ0v) is 10.7. The minimum atomic E-state index is -0.109. The smallest absolute Gasteiger partial charge is 0.237 e. The van der Waals surface area contributed by atoms with Gasteiger partial charge in [0.05, 0.1) is 6.04 Å². The van der Waals surface area contributed by atoms with Crippen LogP contribution in [-0.4, -0.2) is 32.2 Å². The van der Waals surface area contributed by atoms with Gasteiger partial charge >= 0.3 is 0 Å². The molecule has 18 heavy (non-hydrogen) atoms. The maximum atomic E-state index is 12.0. The van der Waals surface area contributed by atoms with Crippen molar-refractivity contribution >= 4 is 5.91 Å². The molecule has 1 heterocycles. The van der Waals surface area contributed by atoms with E-state index in [1.807, 2.05) is 12.1 Å². The van der Waals surface area contributed by atoms with Crippen molar-refractivity contribution in [3.05, 3.63) is 35.4 Å². The Labute approximate surface area is 108 Å². The quantitative estimate of drug-likeness (QED) is 0.760. The van der Waals surface area contributed by atoms with Crippen LogP contribution < -0.4 is 10.6 Å². The Morgan fingerprint density at radius 1 is 1.44 bits per heavy atom. The number of rotatable bonds is 5. The summed E-state index contributed by atoms with van der Waals surface area (Å²) in [6.07, 6.45) is 1.62. The molecule has 0 bridgehead atoms. The van der Waals surface area contributed by atoms with Gasteiger partial charge in [-0.05, 0) is 24.0 Å². The van der Waals surface area contributed by atoms with Crippen LogP contribution in [-0.2, 0) is 22.5 Å². The summed E-state index contributed by atoms with van der Waals surface area (Å²) in [7, 11) is 1.67. The summed E-state index contributed by atoms with van der Waals surface area (Å²) < 4.78 is 4.95. The summed E-state index contributed by atoms with van der Waals surface area (Å²) in [4.78, 5) is 12.0. The molecule has 2 rings (SSSR count). The molecule has 0 unspecified atom stereocenters. The second-order valence-electron chi connectivity index (χ2n) is 4.54. The molecular weight excluding hydrogens is 228 g/mol. The summed E-state index contributed by atoms with van der Waals surface area (Å²) in [6, 6.07) is 8.15. The van der Waals surface area contributed by atoms with Crippen LogP contribution in [0.15, 0.2) is 24.3 Å². The highest BCUT2D eigenvalue weighted by Crippen LogP contribution is 2.16. The van der Waals surface area contributed by atoms with Gasteiger partial charge in [0.15, 0.2) is 0 Å². The first-order valence-corrected chi connectivity index (χ1v) is 6.38. The largest absolute Gasteiger partial charge is 0.385 e. The van der Waals surface area contributed by atoms with E-state index in [1.165, 1.54) is 11.1 Å². The molecule has 0 aliphatic carbocycles. The number of hydrogen-bond acceptors (Lipinski definition) is 3. The third-order valence-corrected chi connectivity index (χ3v) is 3.22. The molecule has 2 N–H and O–H groups in total. The maximum Gasteiger partial charge on any atom is 0.237 e. The van der Waals surface area contributed by atoms with Crippen molar-refractivity contribution in [3.8, 4) is 0 Å². The zero-order valence-electron chi connectivity index (χ0n) is 10.7. The molecule has 0 fully saturated rings. The van der Waals surface area contributed by atoms with Crippen molar-refractivity contribution in [1.82, 2.24) is 10.6 Å². The van der Waals surface area contributed by atoms with Gasteiger partial charge in [-0.3, -0.25) is 4.79 Å². The number of carbonyl (C=O) groups is 1. The second kappa shape index (κ2) is 6.52. The molecule has 0 radical (unpaired) electrons. The molecule has 1 aliphatic rings. The van der Waals surface area contributed by atoms with Gasteiger partial charge in [0, 0.05) is 26.8 Å². The fourth-order valence-corrected chi connectivity index (χ4v) is 2.19. The molecule has 1 aliphatic heterocycles. The number of fused-ring (bicyclic) bond motifs is 1. The monoisotopic (exact) mass is 248 g/mol. The summed E-state index contributed by atoms with van der Waals surface area (Å²) in [5.74, 6) is 0.0839. The van der Waals surface area contributed by atoms with Crippen LogP contribution in [0.5, 0.6) is 0 Å². The number of methoxy groups -OCH3 is 1. The lowest BCUT2D eigenvalue weighted by molar-refractivity contribution is -0.123. The molecule has 1 amide bonds. The lowest BCUT2D eigenvalue weighted by atomic mass is 9.95. The van der Waals surface area contributed by atoms with Gasteiger partial charge in [-0.25, -0.2) is 0 Å². The average molecular weight is 248 g/mol. The van der Waals surface area contributed by atoms with E-state index in [-0.39, 0.29) is 11.9 Å². The molecule has 4 heteroatoms. The lowest BCUT2D eigenvalue weighted by Crippen LogP contribution is -2.47. The summed E-state index contributed by atoms with van der Waals surface area (Å²) in [5.41, 5.74) is 2.56. The van der Waals surface area contributed by atoms with Crippen LogP contribution in [0.4, 0.5) is 0 Å². The Balaban J connectivity index is 1.83. The van der Waals surface area contributed by atoms with Crippen LogP contribution in [0.1, 0.15) is 17.5 Å². The maximum absolute atomic E-state index is 12.0. The predicted molar refractivity (Wildman–Crippen MR) is 70.3 cm³/mol. The first-order chi connectivity index (χ1) is 8.81. The highest BCUT2D eigenvalue weighted by atomic mass is 16.5. The molecule has 0 spiro atoms. The molecule has 98 valence electrons. The van der Waals surface area contributed by atoms with Gasteiger partial charge in [0.25, 0.3) is 0 Å². The normalized spacial score (nSPS) is 18.2. The van der Waals surface area contributed by atoms with E-state index < -0.39 is 0 Å². The third kappa shape index (κ3) is 3.31. The van der Waals surface area contributed by atoms with Crippen LogP contribution in [0.2, 0.25) is 0 Å². The van der Waals surface area contributed by atoms with Crippen LogP contribution in [0, 0.1) is 0 Å². The van der Waals surface area contributed by atoms with Gasteiger partial charge < -0.3 is 15.4 Å². The van der Waals surface area contributed by atoms with E-state index >= 15 is 0 Å². The molecule has 1 aromatic rings. The Morgan fingerprint density at radius 3 is 3.00 bits per heavy atom. The second-order valence-corrected chi connectivity index (χ2v) is 4.54. The molecule has 0 saturated heterocycles. The summed E-state index contributed by atoms with van der Waals surface area (Å²) in [5, 5.41) is 6.21. The number of nitrogens with one attached hydrogen (secondary N) is 2. The van der Waals surface area contributed by atoms with Crippen molar-refractivity contribution in [2.24, 2.45) is 0 Å². The van der Waals surface area contributed by atoms with E-state index in [0.29, 0.717) is 13.2 Å². The Morgan fingerprint density at radius 2 is 2.22 bits per heavy atom. The van der Waals surface area contributed by atoms with Crippen molar-refractivity contribution in [3.63, 3.8) is 0 Å². The highest BCUT2D eigenvalue weighted by Gasteiger charge is 2.23. The van der Waals surface area contributed by atoms with E-state index in [4.69, 9.17) is 4.74 Å². The third-order valence-electron chi connectivity index (χ3n) is 3.22. The van der Waals surface area contributed by atoms with Gasteiger partial charge in [-0.2, -0.15) is 0 Å². The number of ether oxygens (including phenoxy) is 1. The zero-order chi connectivity index (χ0) is 12.8. The minimum absolute atomic E-state index is 0.0839. The number of carbonyl (C=O) groups excluding carboxylic acids is 1. The van der Waals surface area contributed by atoms with Crippen molar-refractivity contribution in [1.29, 1.82) is 0 Å². The molecule has 4 nitrogen and oxygen atoms in total. The SMILES string of the molecule is COCCCNC(=O)[C@@H]1Cc2ccccc2CN1. The molecule has 1 atom stereocenters. The topological polar surface area (TPSA) is 50.4 Å². The van der Waals surface area contributed by atoms with Crippen LogP contribution in [0.25, 0.3) is 0 Å². The summed E-state index contributed by atoms with van der Waals surface area (Å²) >= 11 is 0. The van der Waals surface area contributed by atoms with Crippen LogP contribution >= 0.6 is 0 Å². The average Bonchev–Trinajstić information content (AvgIpc) is 2.43. The Hall–Kier alpha value is -1.39. The molecule has 0 aromatic heterocycles. The number of benzene rings is 1. The minimum Gasteiger partial charge on any atom is -0.385 e. The Bertz CT molecular complexity index is 407. The van der Waals surface area contributed by atoms with Gasteiger partial charge in [-0.1, -0.05) is 24.3 Å². The van der Waals surface area contributed by atoms with E-state index in [0.717, 1.165) is 19.4 Å².